The van der Waals surface area contributed by atoms with Gasteiger partial charge in [0.1, 0.15) is 0 Å². The van der Waals surface area contributed by atoms with E-state index in [2.05, 4.69) is 44.5 Å². The van der Waals surface area contributed by atoms with E-state index in [1.54, 1.807) is 0 Å². The van der Waals surface area contributed by atoms with Crippen LogP contribution in [0.2, 0.25) is 0 Å². The van der Waals surface area contributed by atoms with Crippen molar-refractivity contribution < 1.29 is 0 Å². The minimum Gasteiger partial charge on any atom is -0.302 e. The number of hydrogen-bond acceptors (Lipinski definition) is 2. The van der Waals surface area contributed by atoms with Crippen molar-refractivity contribution in [2.75, 3.05) is 26.7 Å². The molecule has 0 saturated carbocycles. The number of rotatable bonds is 2. The lowest BCUT2D eigenvalue weighted by atomic mass is 10.1. The largest absolute Gasteiger partial charge is 0.302 e. The Morgan fingerprint density at radius 1 is 1.38 bits per heavy atom. The summed E-state index contributed by atoms with van der Waals surface area (Å²) < 4.78 is 0. The molecule has 1 heterocycles. The number of likely N-dealkylation sites (tertiary alicyclic amines) is 1. The van der Waals surface area contributed by atoms with E-state index >= 15 is 0 Å². The van der Waals surface area contributed by atoms with Gasteiger partial charge in [0.25, 0.3) is 0 Å². The van der Waals surface area contributed by atoms with Crippen molar-refractivity contribution >= 4 is 0 Å². The third-order valence-electron chi connectivity index (χ3n) is 3.23. The van der Waals surface area contributed by atoms with Crippen LogP contribution < -0.4 is 0 Å². The van der Waals surface area contributed by atoms with Crippen molar-refractivity contribution in [1.82, 2.24) is 9.80 Å². The highest BCUT2D eigenvalue weighted by molar-refractivity contribution is 4.88. The molecule has 1 saturated heterocycles. The summed E-state index contributed by atoms with van der Waals surface area (Å²) in [5.74, 6) is 0. The highest BCUT2D eigenvalue weighted by Gasteiger charge is 2.31. The van der Waals surface area contributed by atoms with Crippen LogP contribution in [0.1, 0.15) is 34.1 Å². The summed E-state index contributed by atoms with van der Waals surface area (Å²) in [6.45, 7) is 12.8. The van der Waals surface area contributed by atoms with Crippen molar-refractivity contribution in [2.45, 2.75) is 45.7 Å². The Hall–Kier alpha value is -0.0800. The zero-order valence-electron chi connectivity index (χ0n) is 9.80. The van der Waals surface area contributed by atoms with Gasteiger partial charge in [0.2, 0.25) is 0 Å². The summed E-state index contributed by atoms with van der Waals surface area (Å²) in [5, 5.41) is 0. The topological polar surface area (TPSA) is 6.48 Å². The molecule has 0 radical (unpaired) electrons. The smallest absolute Gasteiger partial charge is 0.0232 e. The Bertz CT molecular complexity index is 160. The van der Waals surface area contributed by atoms with Crippen LogP contribution in [-0.2, 0) is 0 Å². The standard InChI is InChI=1S/C11H24N2/c1-6-12(5)10-7-8-13(9-10)11(2,3)4/h10H,6-9H2,1-5H3/t10-/m1/s1. The first-order chi connectivity index (χ1) is 5.95. The molecule has 0 N–H and O–H groups in total. The van der Waals surface area contributed by atoms with Gasteiger partial charge in [0.15, 0.2) is 0 Å². The fourth-order valence-electron chi connectivity index (χ4n) is 1.97. The molecule has 2 heteroatoms. The van der Waals surface area contributed by atoms with E-state index in [1.165, 1.54) is 26.1 Å². The molecular formula is C11H24N2. The first-order valence-corrected chi connectivity index (χ1v) is 5.40. The van der Waals surface area contributed by atoms with Crippen molar-refractivity contribution in [2.24, 2.45) is 0 Å². The minimum absolute atomic E-state index is 0.351. The Morgan fingerprint density at radius 3 is 2.38 bits per heavy atom. The zero-order valence-corrected chi connectivity index (χ0v) is 9.80. The van der Waals surface area contributed by atoms with Crippen LogP contribution >= 0.6 is 0 Å². The number of likely N-dealkylation sites (N-methyl/N-ethyl adjacent to an activating group) is 1. The van der Waals surface area contributed by atoms with Crippen LogP contribution in [0.3, 0.4) is 0 Å². The monoisotopic (exact) mass is 184 g/mol. The van der Waals surface area contributed by atoms with Crippen LogP contribution in [-0.4, -0.2) is 48.1 Å². The summed E-state index contributed by atoms with van der Waals surface area (Å²) in [4.78, 5) is 5.05. The summed E-state index contributed by atoms with van der Waals surface area (Å²) in [7, 11) is 2.23. The van der Waals surface area contributed by atoms with Crippen LogP contribution in [0.4, 0.5) is 0 Å². The molecule has 1 atom stereocenters. The lowest BCUT2D eigenvalue weighted by Crippen LogP contribution is -2.42. The second-order valence-electron chi connectivity index (χ2n) is 5.13. The molecule has 78 valence electrons. The molecule has 0 bridgehead atoms. The van der Waals surface area contributed by atoms with Crippen molar-refractivity contribution in [3.63, 3.8) is 0 Å². The lowest BCUT2D eigenvalue weighted by Gasteiger charge is -2.32. The van der Waals surface area contributed by atoms with Crippen molar-refractivity contribution in [1.29, 1.82) is 0 Å². The Labute approximate surface area is 82.9 Å². The van der Waals surface area contributed by atoms with E-state index in [-0.39, 0.29) is 0 Å². The molecule has 1 aliphatic heterocycles. The molecule has 0 aliphatic carbocycles. The molecular weight excluding hydrogens is 160 g/mol. The Balaban J connectivity index is 2.45. The Morgan fingerprint density at radius 2 is 2.00 bits per heavy atom. The number of hydrogen-bond donors (Lipinski definition) is 0. The maximum absolute atomic E-state index is 2.59. The molecule has 0 aromatic carbocycles. The molecule has 0 amide bonds. The lowest BCUT2D eigenvalue weighted by molar-refractivity contribution is 0.155. The van der Waals surface area contributed by atoms with Gasteiger partial charge in [0, 0.05) is 24.7 Å². The fourth-order valence-corrected chi connectivity index (χ4v) is 1.97. The van der Waals surface area contributed by atoms with Crippen LogP contribution in [0.15, 0.2) is 0 Å². The van der Waals surface area contributed by atoms with Gasteiger partial charge in [-0.1, -0.05) is 6.92 Å². The quantitative estimate of drug-likeness (QED) is 0.646. The first kappa shape index (κ1) is 11.0. The van der Waals surface area contributed by atoms with Gasteiger partial charge in [0.05, 0.1) is 0 Å². The summed E-state index contributed by atoms with van der Waals surface area (Å²) in [5.41, 5.74) is 0.351. The van der Waals surface area contributed by atoms with E-state index in [1.807, 2.05) is 0 Å². The predicted octanol–water partition coefficient (Wildman–Crippen LogP) is 1.81. The van der Waals surface area contributed by atoms with E-state index in [9.17, 15) is 0 Å². The third-order valence-corrected chi connectivity index (χ3v) is 3.23. The predicted molar refractivity (Wildman–Crippen MR) is 58.0 cm³/mol. The second-order valence-corrected chi connectivity index (χ2v) is 5.13. The molecule has 2 nitrogen and oxygen atoms in total. The molecule has 1 aliphatic rings. The summed E-state index contributed by atoms with van der Waals surface area (Å²) >= 11 is 0. The van der Waals surface area contributed by atoms with Gasteiger partial charge in [-0.25, -0.2) is 0 Å². The van der Waals surface area contributed by atoms with E-state index < -0.39 is 0 Å². The summed E-state index contributed by atoms with van der Waals surface area (Å²) in [6.07, 6.45) is 1.33. The fraction of sp³-hybridized carbons (Fsp3) is 1.00. The zero-order chi connectivity index (χ0) is 10.1. The number of nitrogens with zero attached hydrogens (tertiary/aromatic N) is 2. The Kier molecular flexibility index (Phi) is 3.36. The molecule has 1 fully saturated rings. The molecule has 0 aromatic rings. The van der Waals surface area contributed by atoms with E-state index in [4.69, 9.17) is 0 Å². The normalized spacial score (nSPS) is 25.8. The van der Waals surface area contributed by atoms with Crippen molar-refractivity contribution in [3.05, 3.63) is 0 Å². The van der Waals surface area contributed by atoms with Gasteiger partial charge in [-0.3, -0.25) is 4.90 Å². The highest BCUT2D eigenvalue weighted by Crippen LogP contribution is 2.22. The molecule has 1 rings (SSSR count). The van der Waals surface area contributed by atoms with Gasteiger partial charge in [-0.2, -0.15) is 0 Å². The maximum atomic E-state index is 2.59. The van der Waals surface area contributed by atoms with Crippen molar-refractivity contribution in [3.8, 4) is 0 Å². The third kappa shape index (κ3) is 2.68. The van der Waals surface area contributed by atoms with E-state index in [0.29, 0.717) is 5.54 Å². The molecule has 0 unspecified atom stereocenters. The second kappa shape index (κ2) is 3.97. The van der Waals surface area contributed by atoms with Gasteiger partial charge >= 0.3 is 0 Å². The molecule has 13 heavy (non-hydrogen) atoms. The highest BCUT2D eigenvalue weighted by atomic mass is 15.3. The van der Waals surface area contributed by atoms with Gasteiger partial charge in [-0.15, -0.1) is 0 Å². The summed E-state index contributed by atoms with van der Waals surface area (Å²) in [6, 6.07) is 0.782. The van der Waals surface area contributed by atoms with Gasteiger partial charge < -0.3 is 4.90 Å². The van der Waals surface area contributed by atoms with Crippen LogP contribution in [0.5, 0.6) is 0 Å². The average molecular weight is 184 g/mol. The van der Waals surface area contributed by atoms with E-state index in [0.717, 1.165) is 6.04 Å². The van der Waals surface area contributed by atoms with Crippen LogP contribution in [0, 0.1) is 0 Å². The van der Waals surface area contributed by atoms with Crippen LogP contribution in [0.25, 0.3) is 0 Å². The minimum atomic E-state index is 0.351. The average Bonchev–Trinajstić information content (AvgIpc) is 2.50. The molecule has 0 aromatic heterocycles. The molecule has 0 spiro atoms. The maximum Gasteiger partial charge on any atom is 0.0232 e. The SMILES string of the molecule is CCN(C)[C@@H]1CCN(C(C)(C)C)C1. The van der Waals surface area contributed by atoms with Gasteiger partial charge in [-0.05, 0) is 40.8 Å². The first-order valence-electron chi connectivity index (χ1n) is 5.40.